The molecule has 0 radical (unpaired) electrons. The van der Waals surface area contributed by atoms with Crippen LogP contribution >= 0.6 is 0 Å². The lowest BCUT2D eigenvalue weighted by molar-refractivity contribution is -0.122. The normalized spacial score (nSPS) is 13.1. The second-order valence-corrected chi connectivity index (χ2v) is 5.39. The monoisotopic (exact) mass is 259 g/mol. The van der Waals surface area contributed by atoms with Gasteiger partial charge >= 0.3 is 0 Å². The van der Waals surface area contributed by atoms with E-state index in [0.717, 1.165) is 11.1 Å². The number of nitriles is 1. The fourth-order valence-electron chi connectivity index (χ4n) is 1.95. The fourth-order valence-corrected chi connectivity index (χ4v) is 1.95. The molecular formula is C15H21N3O. The van der Waals surface area contributed by atoms with Crippen LogP contribution in [-0.2, 0) is 16.8 Å². The van der Waals surface area contributed by atoms with Crippen molar-refractivity contribution in [3.63, 3.8) is 0 Å². The lowest BCUT2D eigenvalue weighted by atomic mass is 9.83. The molecule has 1 amide bonds. The van der Waals surface area contributed by atoms with E-state index in [-0.39, 0.29) is 11.9 Å². The molecule has 0 fully saturated rings. The first-order chi connectivity index (χ1) is 8.79. The molecule has 0 aromatic heterocycles. The van der Waals surface area contributed by atoms with Gasteiger partial charge in [0.1, 0.15) is 0 Å². The highest BCUT2D eigenvalue weighted by Crippen LogP contribution is 2.26. The first kappa shape index (κ1) is 15.2. The highest BCUT2D eigenvalue weighted by Gasteiger charge is 2.24. The third-order valence-electron chi connectivity index (χ3n) is 3.46. The van der Waals surface area contributed by atoms with E-state index in [2.05, 4.69) is 6.07 Å². The number of amides is 1. The summed E-state index contributed by atoms with van der Waals surface area (Å²) in [7, 11) is 1.85. The van der Waals surface area contributed by atoms with E-state index in [1.165, 1.54) is 0 Å². The van der Waals surface area contributed by atoms with Gasteiger partial charge in [0, 0.05) is 6.54 Å². The molecule has 0 spiro atoms. The molecule has 4 heteroatoms. The molecule has 0 unspecified atom stereocenters. The molecule has 102 valence electrons. The topological polar surface area (TPSA) is 70.1 Å². The summed E-state index contributed by atoms with van der Waals surface area (Å²) in [6, 6.07) is 9.79. The Hall–Kier alpha value is -1.86. The minimum absolute atomic E-state index is 0.335. The third-order valence-corrected chi connectivity index (χ3v) is 3.46. The Kier molecular flexibility index (Phi) is 4.68. The van der Waals surface area contributed by atoms with Crippen molar-refractivity contribution in [2.75, 3.05) is 7.05 Å². The summed E-state index contributed by atoms with van der Waals surface area (Å²) in [5.41, 5.74) is 6.79. The van der Waals surface area contributed by atoms with Gasteiger partial charge in [-0.15, -0.1) is 0 Å². The Bertz CT molecular complexity index is 502. The van der Waals surface area contributed by atoms with Crippen LogP contribution in [0, 0.1) is 11.3 Å². The van der Waals surface area contributed by atoms with Crippen molar-refractivity contribution in [1.29, 1.82) is 5.26 Å². The van der Waals surface area contributed by atoms with Crippen molar-refractivity contribution in [3.8, 4) is 6.07 Å². The number of likely N-dealkylation sites (N-methyl/N-ethyl adjacent to an activating group) is 1. The van der Waals surface area contributed by atoms with Crippen LogP contribution in [0.4, 0.5) is 0 Å². The number of hydrogen-bond acceptors (Lipinski definition) is 3. The van der Waals surface area contributed by atoms with Crippen LogP contribution in [0.2, 0.25) is 0 Å². The Morgan fingerprint density at radius 2 is 2.05 bits per heavy atom. The Morgan fingerprint density at radius 1 is 1.47 bits per heavy atom. The molecular weight excluding hydrogens is 238 g/mol. The minimum atomic E-state index is -0.548. The van der Waals surface area contributed by atoms with Gasteiger partial charge in [0.15, 0.2) is 0 Å². The molecule has 1 atom stereocenters. The van der Waals surface area contributed by atoms with Crippen LogP contribution in [0.5, 0.6) is 0 Å². The molecule has 1 aromatic carbocycles. The van der Waals surface area contributed by atoms with Crippen LogP contribution in [0.15, 0.2) is 24.3 Å². The molecule has 0 bridgehead atoms. The summed E-state index contributed by atoms with van der Waals surface area (Å²) in [5.74, 6) is -0.348. The zero-order valence-corrected chi connectivity index (χ0v) is 12.0. The average molecular weight is 259 g/mol. The molecule has 1 aromatic rings. The molecule has 19 heavy (non-hydrogen) atoms. The summed E-state index contributed by atoms with van der Waals surface area (Å²) >= 11 is 0. The van der Waals surface area contributed by atoms with Crippen LogP contribution in [-0.4, -0.2) is 23.9 Å². The number of nitrogens with zero attached hydrogens (tertiary/aromatic N) is 2. The summed E-state index contributed by atoms with van der Waals surface area (Å²) in [6.07, 6.45) is 0. The molecule has 0 aliphatic heterocycles. The summed E-state index contributed by atoms with van der Waals surface area (Å²) < 4.78 is 0. The maximum Gasteiger partial charge on any atom is 0.234 e. The zero-order valence-electron chi connectivity index (χ0n) is 12.0. The zero-order chi connectivity index (χ0) is 14.6. The van der Waals surface area contributed by atoms with E-state index in [1.54, 1.807) is 6.92 Å². The summed E-state index contributed by atoms with van der Waals surface area (Å²) in [5, 5.41) is 9.27. The van der Waals surface area contributed by atoms with E-state index < -0.39 is 5.41 Å². The number of hydrogen-bond donors (Lipinski definition) is 1. The lowest BCUT2D eigenvalue weighted by Crippen LogP contribution is -2.40. The van der Waals surface area contributed by atoms with Crippen molar-refractivity contribution < 1.29 is 4.79 Å². The van der Waals surface area contributed by atoms with E-state index in [4.69, 9.17) is 5.73 Å². The Morgan fingerprint density at radius 3 is 2.58 bits per heavy atom. The standard InChI is InChI=1S/C15H21N3O/c1-11(14(17)19)18(4)9-12-7-5-6-8-13(12)15(2,3)10-16/h5-8,11H,9H2,1-4H3,(H2,17,19)/t11-/m1/s1. The first-order valence-corrected chi connectivity index (χ1v) is 6.28. The number of carbonyl (C=O) groups is 1. The van der Waals surface area contributed by atoms with Crippen LogP contribution < -0.4 is 5.73 Å². The van der Waals surface area contributed by atoms with Gasteiger partial charge in [0.25, 0.3) is 0 Å². The number of rotatable bonds is 5. The molecule has 0 saturated carbocycles. The average Bonchev–Trinajstić information content (AvgIpc) is 2.38. The van der Waals surface area contributed by atoms with Gasteiger partial charge in [0.2, 0.25) is 5.91 Å². The number of benzene rings is 1. The second kappa shape index (κ2) is 5.85. The number of primary amides is 1. The van der Waals surface area contributed by atoms with Crippen LogP contribution in [0.25, 0.3) is 0 Å². The highest BCUT2D eigenvalue weighted by atomic mass is 16.1. The van der Waals surface area contributed by atoms with E-state index in [1.807, 2.05) is 50.1 Å². The van der Waals surface area contributed by atoms with Gasteiger partial charge in [-0.1, -0.05) is 24.3 Å². The second-order valence-electron chi connectivity index (χ2n) is 5.39. The van der Waals surface area contributed by atoms with Gasteiger partial charge in [-0.05, 0) is 38.9 Å². The van der Waals surface area contributed by atoms with Crippen molar-refractivity contribution in [1.82, 2.24) is 4.90 Å². The van der Waals surface area contributed by atoms with Crippen molar-refractivity contribution in [2.45, 2.75) is 38.8 Å². The van der Waals surface area contributed by atoms with E-state index in [0.29, 0.717) is 6.54 Å². The predicted octanol–water partition coefficient (Wildman–Crippen LogP) is 1.79. The maximum absolute atomic E-state index is 11.2. The molecule has 2 N–H and O–H groups in total. The quantitative estimate of drug-likeness (QED) is 0.876. The molecule has 0 aliphatic rings. The molecule has 0 heterocycles. The molecule has 1 rings (SSSR count). The molecule has 4 nitrogen and oxygen atoms in total. The SMILES string of the molecule is C[C@H](C(N)=O)N(C)Cc1ccccc1C(C)(C)C#N. The number of carbonyl (C=O) groups excluding carboxylic acids is 1. The largest absolute Gasteiger partial charge is 0.368 e. The minimum Gasteiger partial charge on any atom is -0.368 e. The van der Waals surface area contributed by atoms with Gasteiger partial charge < -0.3 is 5.73 Å². The lowest BCUT2D eigenvalue weighted by Gasteiger charge is -2.26. The Balaban J connectivity index is 3.04. The van der Waals surface area contributed by atoms with Crippen LogP contribution in [0.3, 0.4) is 0 Å². The van der Waals surface area contributed by atoms with Gasteiger partial charge in [0.05, 0.1) is 17.5 Å². The van der Waals surface area contributed by atoms with Crippen molar-refractivity contribution in [2.24, 2.45) is 5.73 Å². The highest BCUT2D eigenvalue weighted by molar-refractivity contribution is 5.79. The number of nitrogens with two attached hydrogens (primary N) is 1. The summed E-state index contributed by atoms with van der Waals surface area (Å²) in [6.45, 7) is 6.15. The smallest absolute Gasteiger partial charge is 0.234 e. The van der Waals surface area contributed by atoms with Gasteiger partial charge in [-0.25, -0.2) is 0 Å². The summed E-state index contributed by atoms with van der Waals surface area (Å²) in [4.78, 5) is 13.1. The van der Waals surface area contributed by atoms with Gasteiger partial charge in [-0.3, -0.25) is 9.69 Å². The fraction of sp³-hybridized carbons (Fsp3) is 0.467. The van der Waals surface area contributed by atoms with Crippen molar-refractivity contribution >= 4 is 5.91 Å². The predicted molar refractivity (Wildman–Crippen MR) is 75.2 cm³/mol. The van der Waals surface area contributed by atoms with Gasteiger partial charge in [-0.2, -0.15) is 5.26 Å². The first-order valence-electron chi connectivity index (χ1n) is 6.28. The van der Waals surface area contributed by atoms with E-state index >= 15 is 0 Å². The van der Waals surface area contributed by atoms with Crippen molar-refractivity contribution in [3.05, 3.63) is 35.4 Å². The maximum atomic E-state index is 11.2. The third kappa shape index (κ3) is 3.55. The Labute approximate surface area is 114 Å². The van der Waals surface area contributed by atoms with E-state index in [9.17, 15) is 10.1 Å². The molecule has 0 saturated heterocycles. The molecule has 0 aliphatic carbocycles. The van der Waals surface area contributed by atoms with Crippen LogP contribution in [0.1, 0.15) is 31.9 Å².